The van der Waals surface area contributed by atoms with E-state index in [4.69, 9.17) is 11.6 Å². The Morgan fingerprint density at radius 1 is 1.40 bits per heavy atom. The van der Waals surface area contributed by atoms with E-state index in [1.807, 2.05) is 0 Å². The number of aromatic nitrogens is 1. The smallest absolute Gasteiger partial charge is 0.116 e. The van der Waals surface area contributed by atoms with Crippen molar-refractivity contribution in [3.8, 4) is 0 Å². The van der Waals surface area contributed by atoms with E-state index in [1.54, 1.807) is 12.3 Å². The van der Waals surface area contributed by atoms with Crippen LogP contribution in [0.2, 0.25) is 0 Å². The van der Waals surface area contributed by atoms with Crippen molar-refractivity contribution in [2.75, 3.05) is 0 Å². The van der Waals surface area contributed by atoms with Gasteiger partial charge < -0.3 is 0 Å². The van der Waals surface area contributed by atoms with Crippen molar-refractivity contribution in [1.82, 2.24) is 4.98 Å². The molecule has 3 heteroatoms. The van der Waals surface area contributed by atoms with Crippen LogP contribution in [-0.4, -0.2) is 4.98 Å². The SMILES string of the molecule is FCc1cncc(CCl)c1. The van der Waals surface area contributed by atoms with E-state index >= 15 is 0 Å². The average Bonchev–Trinajstić information content (AvgIpc) is 2.05. The molecule has 0 bridgehead atoms. The van der Waals surface area contributed by atoms with E-state index in [1.165, 1.54) is 6.20 Å². The van der Waals surface area contributed by atoms with Crippen molar-refractivity contribution in [1.29, 1.82) is 0 Å². The minimum absolute atomic E-state index is 0.390. The molecule has 0 saturated heterocycles. The topological polar surface area (TPSA) is 12.9 Å². The fraction of sp³-hybridized carbons (Fsp3) is 0.286. The van der Waals surface area contributed by atoms with Gasteiger partial charge in [0.2, 0.25) is 0 Å². The van der Waals surface area contributed by atoms with Gasteiger partial charge in [0.05, 0.1) is 0 Å². The molecule has 0 saturated carbocycles. The van der Waals surface area contributed by atoms with Crippen molar-refractivity contribution in [3.05, 3.63) is 29.6 Å². The largest absolute Gasteiger partial charge is 0.264 e. The molecule has 1 aromatic heterocycles. The van der Waals surface area contributed by atoms with Gasteiger partial charge in [0.25, 0.3) is 0 Å². The van der Waals surface area contributed by atoms with Crippen molar-refractivity contribution in [3.63, 3.8) is 0 Å². The molecule has 0 aliphatic rings. The molecule has 0 spiro atoms. The van der Waals surface area contributed by atoms with Gasteiger partial charge in [-0.05, 0) is 11.6 Å². The Balaban J connectivity index is 2.87. The average molecular weight is 160 g/mol. The Morgan fingerprint density at radius 2 is 2.10 bits per heavy atom. The summed E-state index contributed by atoms with van der Waals surface area (Å²) in [6, 6.07) is 1.71. The highest BCUT2D eigenvalue weighted by Gasteiger charge is 1.93. The van der Waals surface area contributed by atoms with Gasteiger partial charge in [-0.25, -0.2) is 4.39 Å². The van der Waals surface area contributed by atoms with E-state index < -0.39 is 6.67 Å². The maximum atomic E-state index is 12.0. The van der Waals surface area contributed by atoms with Crippen LogP contribution in [0.15, 0.2) is 18.5 Å². The lowest BCUT2D eigenvalue weighted by Gasteiger charge is -1.95. The molecule has 0 radical (unpaired) electrons. The molecule has 1 aromatic rings. The standard InChI is InChI=1S/C7H7ClFN/c8-2-6-1-7(3-9)5-10-4-6/h1,4-5H,2-3H2. The lowest BCUT2D eigenvalue weighted by atomic mass is 10.2. The maximum Gasteiger partial charge on any atom is 0.116 e. The molecule has 0 unspecified atom stereocenters. The quantitative estimate of drug-likeness (QED) is 0.604. The van der Waals surface area contributed by atoms with Crippen LogP contribution < -0.4 is 0 Å². The molecule has 1 heterocycles. The number of rotatable bonds is 2. The Hall–Kier alpha value is -0.630. The fourth-order valence-corrected chi connectivity index (χ4v) is 0.834. The normalized spacial score (nSPS) is 9.80. The number of halogens is 2. The van der Waals surface area contributed by atoms with Gasteiger partial charge in [-0.3, -0.25) is 4.98 Å². The van der Waals surface area contributed by atoms with E-state index in [2.05, 4.69) is 4.98 Å². The summed E-state index contributed by atoms with van der Waals surface area (Å²) in [6.45, 7) is -0.474. The van der Waals surface area contributed by atoms with Gasteiger partial charge in [-0.1, -0.05) is 0 Å². The number of nitrogens with zero attached hydrogens (tertiary/aromatic N) is 1. The van der Waals surface area contributed by atoms with Crippen LogP contribution >= 0.6 is 11.6 Å². The van der Waals surface area contributed by atoms with Gasteiger partial charge in [0.15, 0.2) is 0 Å². The summed E-state index contributed by atoms with van der Waals surface area (Å²) in [4.78, 5) is 3.80. The van der Waals surface area contributed by atoms with E-state index in [0.717, 1.165) is 5.56 Å². The second-order valence-corrected chi connectivity index (χ2v) is 2.24. The third-order valence-corrected chi connectivity index (χ3v) is 1.47. The minimum Gasteiger partial charge on any atom is -0.264 e. The van der Waals surface area contributed by atoms with E-state index in [9.17, 15) is 4.39 Å². The Kier molecular flexibility index (Phi) is 2.63. The highest BCUT2D eigenvalue weighted by molar-refractivity contribution is 6.17. The molecule has 54 valence electrons. The molecule has 10 heavy (non-hydrogen) atoms. The van der Waals surface area contributed by atoms with Gasteiger partial charge in [0.1, 0.15) is 6.67 Å². The van der Waals surface area contributed by atoms with Gasteiger partial charge in [-0.15, -0.1) is 11.6 Å². The second kappa shape index (κ2) is 3.52. The molecule has 0 atom stereocenters. The van der Waals surface area contributed by atoms with Crippen molar-refractivity contribution in [2.24, 2.45) is 0 Å². The third kappa shape index (κ3) is 1.67. The lowest BCUT2D eigenvalue weighted by Crippen LogP contribution is -1.85. The molecule has 1 nitrogen and oxygen atoms in total. The van der Waals surface area contributed by atoms with Gasteiger partial charge in [-0.2, -0.15) is 0 Å². The maximum absolute atomic E-state index is 12.0. The Labute approximate surface area is 63.8 Å². The van der Waals surface area contributed by atoms with Crippen LogP contribution in [0.4, 0.5) is 4.39 Å². The predicted octanol–water partition coefficient (Wildman–Crippen LogP) is 2.29. The number of alkyl halides is 2. The van der Waals surface area contributed by atoms with Crippen LogP contribution in [0.1, 0.15) is 11.1 Å². The highest BCUT2D eigenvalue weighted by Crippen LogP contribution is 2.05. The summed E-state index contributed by atoms with van der Waals surface area (Å²) in [7, 11) is 0. The summed E-state index contributed by atoms with van der Waals surface area (Å²) in [5.74, 6) is 0.390. The molecular formula is C7H7ClFN. The predicted molar refractivity (Wildman–Crippen MR) is 38.6 cm³/mol. The Bertz CT molecular complexity index is 195. The molecule has 0 aliphatic heterocycles. The number of hydrogen-bond acceptors (Lipinski definition) is 1. The first-order valence-electron chi connectivity index (χ1n) is 2.91. The Morgan fingerprint density at radius 3 is 2.70 bits per heavy atom. The summed E-state index contributed by atoms with van der Waals surface area (Å²) < 4.78 is 12.0. The summed E-state index contributed by atoms with van der Waals surface area (Å²) in [6.07, 6.45) is 3.13. The first-order valence-corrected chi connectivity index (χ1v) is 3.45. The number of hydrogen-bond donors (Lipinski definition) is 0. The van der Waals surface area contributed by atoms with Gasteiger partial charge in [0, 0.05) is 23.8 Å². The van der Waals surface area contributed by atoms with Crippen molar-refractivity contribution < 1.29 is 4.39 Å². The van der Waals surface area contributed by atoms with Crippen LogP contribution in [0.3, 0.4) is 0 Å². The zero-order valence-corrected chi connectivity index (χ0v) is 6.11. The molecule has 0 aromatic carbocycles. The monoisotopic (exact) mass is 159 g/mol. The van der Waals surface area contributed by atoms with Crippen molar-refractivity contribution >= 4 is 11.6 Å². The third-order valence-electron chi connectivity index (χ3n) is 1.16. The first kappa shape index (κ1) is 7.48. The molecular weight excluding hydrogens is 153 g/mol. The fourth-order valence-electron chi connectivity index (χ4n) is 0.688. The van der Waals surface area contributed by atoms with Gasteiger partial charge >= 0.3 is 0 Å². The molecule has 1 rings (SSSR count). The second-order valence-electron chi connectivity index (χ2n) is 1.97. The molecule has 0 fully saturated rings. The summed E-state index contributed by atoms with van der Waals surface area (Å²) in [5.41, 5.74) is 1.44. The van der Waals surface area contributed by atoms with Crippen molar-refractivity contribution in [2.45, 2.75) is 12.6 Å². The van der Waals surface area contributed by atoms with Crippen LogP contribution in [-0.2, 0) is 12.6 Å². The van der Waals surface area contributed by atoms with E-state index in [0.29, 0.717) is 11.4 Å². The zero-order valence-electron chi connectivity index (χ0n) is 5.35. The molecule has 0 amide bonds. The first-order chi connectivity index (χ1) is 4.86. The molecule has 0 N–H and O–H groups in total. The van der Waals surface area contributed by atoms with Crippen LogP contribution in [0, 0.1) is 0 Å². The summed E-state index contributed by atoms with van der Waals surface area (Å²) >= 11 is 5.49. The molecule has 0 aliphatic carbocycles. The van der Waals surface area contributed by atoms with E-state index in [-0.39, 0.29) is 0 Å². The number of pyridine rings is 1. The minimum atomic E-state index is -0.474. The summed E-state index contributed by atoms with van der Waals surface area (Å²) in [5, 5.41) is 0. The zero-order chi connectivity index (χ0) is 7.40. The van der Waals surface area contributed by atoms with Crippen LogP contribution in [0.25, 0.3) is 0 Å². The lowest BCUT2D eigenvalue weighted by molar-refractivity contribution is 0.484. The van der Waals surface area contributed by atoms with Crippen LogP contribution in [0.5, 0.6) is 0 Å². The highest BCUT2D eigenvalue weighted by atomic mass is 35.5.